The quantitative estimate of drug-likeness (QED) is 0.460. The van der Waals surface area contributed by atoms with Crippen LogP contribution in [-0.4, -0.2) is 46.4 Å². The monoisotopic (exact) mass is 519 g/mol. The minimum Gasteiger partial charge on any atom is -0.339 e. The van der Waals surface area contributed by atoms with Gasteiger partial charge >= 0.3 is 0 Å². The highest BCUT2D eigenvalue weighted by Crippen LogP contribution is 2.39. The third-order valence-corrected chi connectivity index (χ3v) is 8.00. The average Bonchev–Trinajstić information content (AvgIpc) is 3.56. The van der Waals surface area contributed by atoms with Gasteiger partial charge in [0.2, 0.25) is 5.91 Å². The van der Waals surface area contributed by atoms with Gasteiger partial charge in [-0.2, -0.15) is 0 Å². The van der Waals surface area contributed by atoms with E-state index in [1.54, 1.807) is 36.0 Å². The van der Waals surface area contributed by atoms with Gasteiger partial charge in [0.15, 0.2) is 0 Å². The summed E-state index contributed by atoms with van der Waals surface area (Å²) in [5, 5.41) is 3.45. The zero-order valence-electron chi connectivity index (χ0n) is 19.7. The van der Waals surface area contributed by atoms with E-state index in [-0.39, 0.29) is 23.1 Å². The molecule has 8 heteroatoms. The van der Waals surface area contributed by atoms with Crippen LogP contribution in [0.1, 0.15) is 50.1 Å². The second kappa shape index (κ2) is 10.8. The molecular weight excluding hydrogens is 494 g/mol. The molecule has 1 N–H and O–H groups in total. The highest BCUT2D eigenvalue weighted by Gasteiger charge is 2.33. The molecule has 36 heavy (non-hydrogen) atoms. The summed E-state index contributed by atoms with van der Waals surface area (Å²) in [6.07, 6.45) is 2.02. The standard InChI is InChI=1S/C28H26ClN3O3S/c29-22-13-7-19(8-14-22)17-32-25(33)18-36-28(32)21-11-9-20(10-12-21)26(34)30-24-6-2-1-5-23(24)27(35)31-15-3-4-16-31/h1-2,5-14,28H,3-4,15-18H2,(H,30,34)/t28-/m0/s1. The molecule has 3 aromatic rings. The number of rotatable bonds is 6. The molecule has 2 aliphatic heterocycles. The van der Waals surface area contributed by atoms with Crippen LogP contribution in [0.3, 0.4) is 0 Å². The molecule has 6 nitrogen and oxygen atoms in total. The summed E-state index contributed by atoms with van der Waals surface area (Å²) in [6, 6.07) is 21.9. The van der Waals surface area contributed by atoms with Gasteiger partial charge in [-0.25, -0.2) is 0 Å². The molecule has 0 unspecified atom stereocenters. The van der Waals surface area contributed by atoms with Crippen LogP contribution in [0.15, 0.2) is 72.8 Å². The minimum atomic E-state index is -0.281. The third-order valence-electron chi connectivity index (χ3n) is 6.49. The van der Waals surface area contributed by atoms with E-state index in [0.29, 0.717) is 34.1 Å². The van der Waals surface area contributed by atoms with Crippen molar-refractivity contribution in [2.45, 2.75) is 24.8 Å². The average molecular weight is 520 g/mol. The fourth-order valence-electron chi connectivity index (χ4n) is 4.55. The van der Waals surface area contributed by atoms with E-state index in [1.165, 1.54) is 0 Å². The minimum absolute atomic E-state index is 0.0533. The Morgan fingerprint density at radius 2 is 1.64 bits per heavy atom. The van der Waals surface area contributed by atoms with E-state index in [9.17, 15) is 14.4 Å². The summed E-state index contributed by atoms with van der Waals surface area (Å²) < 4.78 is 0. The summed E-state index contributed by atoms with van der Waals surface area (Å²) in [6.45, 7) is 2.00. The number of carbonyl (C=O) groups excluding carboxylic acids is 3. The number of hydrogen-bond donors (Lipinski definition) is 1. The molecule has 5 rings (SSSR count). The largest absolute Gasteiger partial charge is 0.339 e. The van der Waals surface area contributed by atoms with Crippen LogP contribution in [0, 0.1) is 0 Å². The van der Waals surface area contributed by atoms with E-state index in [1.807, 2.05) is 58.3 Å². The molecule has 0 spiro atoms. The number of hydrogen-bond acceptors (Lipinski definition) is 4. The van der Waals surface area contributed by atoms with Gasteiger partial charge in [0.1, 0.15) is 5.37 Å². The van der Waals surface area contributed by atoms with Gasteiger partial charge in [-0.3, -0.25) is 14.4 Å². The van der Waals surface area contributed by atoms with E-state index in [4.69, 9.17) is 11.6 Å². The summed E-state index contributed by atoms with van der Waals surface area (Å²) >= 11 is 7.57. The van der Waals surface area contributed by atoms with Crippen LogP contribution in [0.5, 0.6) is 0 Å². The lowest BCUT2D eigenvalue weighted by atomic mass is 10.1. The van der Waals surface area contributed by atoms with Crippen molar-refractivity contribution in [1.82, 2.24) is 9.80 Å². The molecule has 2 saturated heterocycles. The number of likely N-dealkylation sites (tertiary alicyclic amines) is 1. The summed E-state index contributed by atoms with van der Waals surface area (Å²) in [5.74, 6) is 0.169. The van der Waals surface area contributed by atoms with Crippen LogP contribution in [0.4, 0.5) is 5.69 Å². The van der Waals surface area contributed by atoms with Crippen molar-refractivity contribution in [3.63, 3.8) is 0 Å². The summed E-state index contributed by atoms with van der Waals surface area (Å²) in [4.78, 5) is 42.2. The predicted molar refractivity (Wildman–Crippen MR) is 143 cm³/mol. The number of amides is 3. The molecule has 3 amide bonds. The fraction of sp³-hybridized carbons (Fsp3) is 0.250. The Morgan fingerprint density at radius 1 is 0.944 bits per heavy atom. The molecule has 3 aromatic carbocycles. The van der Waals surface area contributed by atoms with Gasteiger partial charge in [-0.15, -0.1) is 11.8 Å². The molecule has 0 aliphatic carbocycles. The Balaban J connectivity index is 1.29. The maximum absolute atomic E-state index is 13.0. The van der Waals surface area contributed by atoms with Crippen LogP contribution in [0.2, 0.25) is 5.02 Å². The van der Waals surface area contributed by atoms with E-state index in [2.05, 4.69) is 5.32 Å². The lowest BCUT2D eigenvalue weighted by molar-refractivity contribution is -0.128. The summed E-state index contributed by atoms with van der Waals surface area (Å²) in [7, 11) is 0. The molecule has 0 bridgehead atoms. The highest BCUT2D eigenvalue weighted by atomic mass is 35.5. The SMILES string of the molecule is O=C(Nc1ccccc1C(=O)N1CCCC1)c1ccc([C@@H]2SCC(=O)N2Cc2ccc(Cl)cc2)cc1. The van der Waals surface area contributed by atoms with Crippen LogP contribution < -0.4 is 5.32 Å². The first-order valence-corrected chi connectivity index (χ1v) is 13.4. The first-order chi connectivity index (χ1) is 17.5. The smallest absolute Gasteiger partial charge is 0.255 e. The topological polar surface area (TPSA) is 69.7 Å². The Bertz CT molecular complexity index is 1270. The van der Waals surface area contributed by atoms with Crippen LogP contribution >= 0.6 is 23.4 Å². The van der Waals surface area contributed by atoms with E-state index in [0.717, 1.165) is 37.1 Å². The number of halogens is 1. The molecule has 2 aliphatic rings. The number of nitrogens with zero attached hydrogens (tertiary/aromatic N) is 2. The van der Waals surface area contributed by atoms with Crippen molar-refractivity contribution in [1.29, 1.82) is 0 Å². The third kappa shape index (κ3) is 5.27. The van der Waals surface area contributed by atoms with Crippen molar-refractivity contribution in [2.24, 2.45) is 0 Å². The molecule has 1 atom stereocenters. The van der Waals surface area contributed by atoms with Gasteiger partial charge < -0.3 is 15.1 Å². The van der Waals surface area contributed by atoms with E-state index < -0.39 is 0 Å². The number of nitrogens with one attached hydrogen (secondary N) is 1. The van der Waals surface area contributed by atoms with Gasteiger partial charge in [-0.05, 0) is 60.4 Å². The van der Waals surface area contributed by atoms with Crippen molar-refractivity contribution in [3.05, 3.63) is 100 Å². The van der Waals surface area contributed by atoms with Crippen molar-refractivity contribution < 1.29 is 14.4 Å². The predicted octanol–water partition coefficient (Wildman–Crippen LogP) is 5.60. The lowest BCUT2D eigenvalue weighted by Crippen LogP contribution is -2.28. The molecule has 2 heterocycles. The van der Waals surface area contributed by atoms with Gasteiger partial charge in [-0.1, -0.05) is 48.0 Å². The number of thioether (sulfide) groups is 1. The molecule has 0 saturated carbocycles. The first kappa shape index (κ1) is 24.4. The molecule has 0 radical (unpaired) electrons. The second-order valence-corrected chi connectivity index (χ2v) is 10.4. The van der Waals surface area contributed by atoms with E-state index >= 15 is 0 Å². The maximum Gasteiger partial charge on any atom is 0.255 e. The second-order valence-electron chi connectivity index (χ2n) is 8.93. The first-order valence-electron chi connectivity index (χ1n) is 11.9. The zero-order chi connectivity index (χ0) is 25.1. The Kier molecular flexibility index (Phi) is 7.30. The van der Waals surface area contributed by atoms with Gasteiger partial charge in [0.05, 0.1) is 17.0 Å². The van der Waals surface area contributed by atoms with Crippen molar-refractivity contribution >= 4 is 46.8 Å². The number of para-hydroxylation sites is 1. The number of anilines is 1. The van der Waals surface area contributed by atoms with Crippen LogP contribution in [-0.2, 0) is 11.3 Å². The zero-order valence-corrected chi connectivity index (χ0v) is 21.2. The van der Waals surface area contributed by atoms with Gasteiger partial charge in [0, 0.05) is 30.2 Å². The van der Waals surface area contributed by atoms with Crippen molar-refractivity contribution in [2.75, 3.05) is 24.2 Å². The van der Waals surface area contributed by atoms with Crippen molar-refractivity contribution in [3.8, 4) is 0 Å². The molecular formula is C28H26ClN3O3S. The van der Waals surface area contributed by atoms with Gasteiger partial charge in [0.25, 0.3) is 11.8 Å². The fourth-order valence-corrected chi connectivity index (χ4v) is 5.86. The maximum atomic E-state index is 13.0. The summed E-state index contributed by atoms with van der Waals surface area (Å²) in [5.41, 5.74) is 3.47. The Morgan fingerprint density at radius 3 is 2.36 bits per heavy atom. The molecule has 2 fully saturated rings. The Labute approximate surface area is 219 Å². The number of carbonyl (C=O) groups is 3. The molecule has 184 valence electrons. The van der Waals surface area contributed by atoms with Crippen LogP contribution in [0.25, 0.3) is 0 Å². The Hall–Kier alpha value is -3.29. The lowest BCUT2D eigenvalue weighted by Gasteiger charge is -2.24. The molecule has 0 aromatic heterocycles. The number of benzene rings is 3. The normalized spacial score (nSPS) is 17.5. The highest BCUT2D eigenvalue weighted by molar-refractivity contribution is 8.00.